The Morgan fingerprint density at radius 2 is 1.89 bits per heavy atom. The molecule has 5 rings (SSSR count). The van der Waals surface area contributed by atoms with Gasteiger partial charge in [-0.05, 0) is 89.6 Å². The van der Waals surface area contributed by atoms with Crippen molar-refractivity contribution >= 4 is 62.2 Å². The van der Waals surface area contributed by atoms with Crippen LogP contribution in [0.1, 0.15) is 22.5 Å². The molecule has 37 heavy (non-hydrogen) atoms. The van der Waals surface area contributed by atoms with E-state index in [0.717, 1.165) is 62.6 Å². The number of aromatic nitrogens is 1. The van der Waals surface area contributed by atoms with E-state index in [1.807, 2.05) is 19.9 Å². The van der Waals surface area contributed by atoms with Crippen LogP contribution in [0.3, 0.4) is 0 Å². The second-order valence-electron chi connectivity index (χ2n) is 8.87. The molecular weight excluding hydrogens is 581 g/mol. The number of benzene rings is 2. The van der Waals surface area contributed by atoms with Crippen LogP contribution in [-0.4, -0.2) is 46.9 Å². The highest BCUT2D eigenvalue weighted by Crippen LogP contribution is 2.36. The van der Waals surface area contributed by atoms with Crippen LogP contribution in [0.4, 0.5) is 14.9 Å². The smallest absolute Gasteiger partial charge is 0.293 e. The zero-order valence-electron chi connectivity index (χ0n) is 20.3. The van der Waals surface area contributed by atoms with Crippen molar-refractivity contribution in [2.75, 3.05) is 31.2 Å². The van der Waals surface area contributed by atoms with Crippen molar-refractivity contribution in [3.63, 3.8) is 0 Å². The molecule has 2 amide bonds. The molecular formula is C27H24BrClFN3O3S. The molecule has 0 atom stereocenters. The fraction of sp³-hybridized carbons (Fsp3) is 0.259. The summed E-state index contributed by atoms with van der Waals surface area (Å²) < 4.78 is 22.8. The lowest BCUT2D eigenvalue weighted by Gasteiger charge is -2.30. The fourth-order valence-corrected chi connectivity index (χ4v) is 6.32. The number of hydrogen-bond donors (Lipinski definition) is 0. The number of morpholine rings is 1. The summed E-state index contributed by atoms with van der Waals surface area (Å²) in [6.45, 7) is 6.89. The minimum absolute atomic E-state index is 0.122. The van der Waals surface area contributed by atoms with Gasteiger partial charge in [0, 0.05) is 45.2 Å². The average Bonchev–Trinajstić information content (AvgIpc) is 3.30. The summed E-state index contributed by atoms with van der Waals surface area (Å²) in [5, 5.41) is -0.274. The predicted molar refractivity (Wildman–Crippen MR) is 149 cm³/mol. The molecule has 2 aliphatic heterocycles. The SMILES string of the molecule is Cc1cc(/C=C2\SC(=O)N(Cc3c(F)cccc3Cl)C2=O)c(C)n1-c1ccc(N2CCOCC2)c(Br)c1. The van der Waals surface area contributed by atoms with E-state index in [4.69, 9.17) is 16.3 Å². The van der Waals surface area contributed by atoms with Gasteiger partial charge in [0.1, 0.15) is 5.82 Å². The number of aryl methyl sites for hydroxylation is 1. The van der Waals surface area contributed by atoms with Crippen LogP contribution >= 0.6 is 39.3 Å². The highest BCUT2D eigenvalue weighted by molar-refractivity contribution is 9.10. The molecule has 192 valence electrons. The van der Waals surface area contributed by atoms with E-state index in [1.165, 1.54) is 18.2 Å². The number of rotatable bonds is 5. The molecule has 0 aliphatic carbocycles. The Morgan fingerprint density at radius 3 is 2.59 bits per heavy atom. The van der Waals surface area contributed by atoms with Crippen LogP contribution in [0.2, 0.25) is 5.02 Å². The highest BCUT2D eigenvalue weighted by Gasteiger charge is 2.36. The lowest BCUT2D eigenvalue weighted by molar-refractivity contribution is -0.123. The first kappa shape index (κ1) is 26.0. The molecule has 2 aromatic carbocycles. The molecule has 0 bridgehead atoms. The third-order valence-corrected chi connectivity index (χ3v) is 8.45. The first-order valence-electron chi connectivity index (χ1n) is 11.7. The zero-order valence-corrected chi connectivity index (χ0v) is 23.4. The minimum Gasteiger partial charge on any atom is -0.378 e. The normalized spacial score (nSPS) is 17.4. The van der Waals surface area contributed by atoms with Gasteiger partial charge >= 0.3 is 0 Å². The molecule has 2 saturated heterocycles. The molecule has 0 radical (unpaired) electrons. The van der Waals surface area contributed by atoms with E-state index in [-0.39, 0.29) is 17.1 Å². The van der Waals surface area contributed by atoms with Gasteiger partial charge in [0.2, 0.25) is 0 Å². The summed E-state index contributed by atoms with van der Waals surface area (Å²) in [6, 6.07) is 12.5. The van der Waals surface area contributed by atoms with E-state index >= 15 is 0 Å². The van der Waals surface area contributed by atoms with Crippen LogP contribution in [0, 0.1) is 19.7 Å². The molecule has 2 aliphatic rings. The average molecular weight is 605 g/mol. The van der Waals surface area contributed by atoms with Gasteiger partial charge in [0.25, 0.3) is 11.1 Å². The fourth-order valence-electron chi connectivity index (χ4n) is 4.65. The van der Waals surface area contributed by atoms with Gasteiger partial charge < -0.3 is 14.2 Å². The number of thioether (sulfide) groups is 1. The Bertz CT molecular complexity index is 1410. The second-order valence-corrected chi connectivity index (χ2v) is 11.1. The predicted octanol–water partition coefficient (Wildman–Crippen LogP) is 6.72. The molecule has 0 N–H and O–H groups in total. The summed E-state index contributed by atoms with van der Waals surface area (Å²) >= 11 is 10.7. The first-order valence-corrected chi connectivity index (χ1v) is 13.7. The minimum atomic E-state index is -0.551. The quantitative estimate of drug-likeness (QED) is 0.303. The van der Waals surface area contributed by atoms with Crippen LogP contribution < -0.4 is 4.90 Å². The summed E-state index contributed by atoms with van der Waals surface area (Å²) in [4.78, 5) is 29.3. The lowest BCUT2D eigenvalue weighted by Crippen LogP contribution is -2.36. The first-order chi connectivity index (χ1) is 17.7. The monoisotopic (exact) mass is 603 g/mol. The molecule has 2 fully saturated rings. The van der Waals surface area contributed by atoms with E-state index in [0.29, 0.717) is 18.1 Å². The number of hydrogen-bond acceptors (Lipinski definition) is 5. The van der Waals surface area contributed by atoms with Gasteiger partial charge in [-0.2, -0.15) is 0 Å². The highest BCUT2D eigenvalue weighted by atomic mass is 79.9. The van der Waals surface area contributed by atoms with Gasteiger partial charge in [0.05, 0.1) is 30.4 Å². The number of anilines is 1. The van der Waals surface area contributed by atoms with Crippen molar-refractivity contribution in [1.82, 2.24) is 9.47 Å². The van der Waals surface area contributed by atoms with Crippen molar-refractivity contribution in [3.8, 4) is 5.69 Å². The summed E-state index contributed by atoms with van der Waals surface area (Å²) in [5.41, 5.74) is 5.00. The third kappa shape index (κ3) is 5.10. The summed E-state index contributed by atoms with van der Waals surface area (Å²) in [6.07, 6.45) is 1.73. The van der Waals surface area contributed by atoms with Crippen LogP contribution in [0.5, 0.6) is 0 Å². The molecule has 3 aromatic rings. The Balaban J connectivity index is 1.41. The molecule has 1 aromatic heterocycles. The van der Waals surface area contributed by atoms with Gasteiger partial charge in [-0.3, -0.25) is 14.5 Å². The van der Waals surface area contributed by atoms with Crippen LogP contribution in [0.15, 0.2) is 51.8 Å². The molecule has 0 saturated carbocycles. The van der Waals surface area contributed by atoms with Gasteiger partial charge in [-0.15, -0.1) is 0 Å². The number of carbonyl (C=O) groups excluding carboxylic acids is 2. The number of amides is 2. The van der Waals surface area contributed by atoms with E-state index in [9.17, 15) is 14.0 Å². The van der Waals surface area contributed by atoms with Crippen LogP contribution in [0.25, 0.3) is 11.8 Å². The summed E-state index contributed by atoms with van der Waals surface area (Å²) in [7, 11) is 0. The Hall–Kier alpha value is -2.59. The molecule has 6 nitrogen and oxygen atoms in total. The molecule has 3 heterocycles. The standard InChI is InChI=1S/C27H24BrClFN3O3S/c1-16-12-18(13-25-26(34)32(27(35)37-25)15-20-22(29)4-3-5-23(20)30)17(2)33(16)19-6-7-24(21(28)14-19)31-8-10-36-11-9-31/h3-7,12-14H,8-11,15H2,1-2H3/b25-13-. The van der Waals surface area contributed by atoms with E-state index in [2.05, 4.69) is 43.6 Å². The number of ether oxygens (including phenoxy) is 1. The maximum absolute atomic E-state index is 14.3. The number of nitrogens with zero attached hydrogens (tertiary/aromatic N) is 3. The maximum Gasteiger partial charge on any atom is 0.293 e. The Labute approximate surface area is 232 Å². The topological polar surface area (TPSA) is 54.8 Å². The Kier molecular flexibility index (Phi) is 7.49. The van der Waals surface area contributed by atoms with Gasteiger partial charge in [-0.25, -0.2) is 4.39 Å². The number of carbonyl (C=O) groups is 2. The van der Waals surface area contributed by atoms with Gasteiger partial charge in [0.15, 0.2) is 0 Å². The number of imide groups is 1. The van der Waals surface area contributed by atoms with Crippen LogP contribution in [-0.2, 0) is 16.1 Å². The van der Waals surface area contributed by atoms with E-state index in [1.54, 1.807) is 6.08 Å². The molecule has 10 heteroatoms. The zero-order chi connectivity index (χ0) is 26.3. The largest absolute Gasteiger partial charge is 0.378 e. The third-order valence-electron chi connectivity index (χ3n) is 6.55. The molecule has 0 spiro atoms. The van der Waals surface area contributed by atoms with Crippen molar-refractivity contribution < 1.29 is 18.7 Å². The van der Waals surface area contributed by atoms with Crippen molar-refractivity contribution in [2.45, 2.75) is 20.4 Å². The summed E-state index contributed by atoms with van der Waals surface area (Å²) in [5.74, 6) is -1.01. The lowest BCUT2D eigenvalue weighted by atomic mass is 10.2. The van der Waals surface area contributed by atoms with Crippen molar-refractivity contribution in [1.29, 1.82) is 0 Å². The number of halogens is 3. The maximum atomic E-state index is 14.3. The van der Waals surface area contributed by atoms with E-state index < -0.39 is 17.0 Å². The van der Waals surface area contributed by atoms with Crippen molar-refractivity contribution in [2.24, 2.45) is 0 Å². The second kappa shape index (κ2) is 10.6. The van der Waals surface area contributed by atoms with Gasteiger partial charge in [-0.1, -0.05) is 17.7 Å². The Morgan fingerprint density at radius 1 is 1.14 bits per heavy atom. The van der Waals surface area contributed by atoms with Crippen molar-refractivity contribution in [3.05, 3.63) is 85.2 Å². The molecule has 0 unspecified atom stereocenters.